The molecule has 1 aliphatic heterocycles. The fourth-order valence-corrected chi connectivity index (χ4v) is 3.71. The van der Waals surface area contributed by atoms with Gasteiger partial charge in [-0.05, 0) is 30.3 Å². The van der Waals surface area contributed by atoms with E-state index in [-0.39, 0.29) is 10.9 Å². The molecule has 2 aromatic carbocycles. The Hall–Kier alpha value is -1.89. The van der Waals surface area contributed by atoms with Gasteiger partial charge in [-0.2, -0.15) is 0 Å². The third-order valence-corrected chi connectivity index (χ3v) is 4.97. The van der Waals surface area contributed by atoms with E-state index in [1.165, 1.54) is 34.9 Å². The number of anilines is 1. The van der Waals surface area contributed by atoms with Gasteiger partial charge in [-0.1, -0.05) is 53.8 Å². The lowest BCUT2D eigenvalue weighted by atomic mass is 10.2. The number of carbonyl (C=O) groups is 1. The molecule has 0 radical (unpaired) electrons. The van der Waals surface area contributed by atoms with E-state index in [1.807, 2.05) is 24.3 Å². The summed E-state index contributed by atoms with van der Waals surface area (Å²) in [5, 5.41) is -0.0599. The van der Waals surface area contributed by atoms with Crippen molar-refractivity contribution in [2.24, 2.45) is 0 Å². The van der Waals surface area contributed by atoms with Crippen molar-refractivity contribution in [1.29, 1.82) is 0 Å². The quantitative estimate of drug-likeness (QED) is 0.560. The zero-order chi connectivity index (χ0) is 17.3. The van der Waals surface area contributed by atoms with Crippen LogP contribution in [-0.4, -0.2) is 17.3 Å². The van der Waals surface area contributed by atoms with Crippen LogP contribution in [0, 0.1) is 5.82 Å². The highest BCUT2D eigenvalue weighted by Crippen LogP contribution is 2.37. The Kier molecular flexibility index (Phi) is 4.89. The maximum absolute atomic E-state index is 13.3. The van der Waals surface area contributed by atoms with E-state index in [4.69, 9.17) is 28.6 Å². The number of para-hydroxylation sites is 1. The van der Waals surface area contributed by atoms with E-state index >= 15 is 0 Å². The topological polar surface area (TPSA) is 29.5 Å². The molecule has 0 N–H and O–H groups in total. The van der Waals surface area contributed by atoms with Gasteiger partial charge in [-0.15, -0.1) is 0 Å². The number of thiocarbonyl (C=S) groups is 1. The van der Waals surface area contributed by atoms with Gasteiger partial charge in [0.25, 0.3) is 5.91 Å². The van der Waals surface area contributed by atoms with Gasteiger partial charge >= 0.3 is 0 Å². The van der Waals surface area contributed by atoms with Gasteiger partial charge in [-0.25, -0.2) is 4.39 Å². The Morgan fingerprint density at radius 1 is 1.29 bits per heavy atom. The van der Waals surface area contributed by atoms with Crippen molar-refractivity contribution < 1.29 is 13.9 Å². The average Bonchev–Trinajstić information content (AvgIpc) is 2.85. The first-order valence-corrected chi connectivity index (χ1v) is 8.47. The molecule has 122 valence electrons. The van der Waals surface area contributed by atoms with Crippen molar-refractivity contribution in [2.75, 3.05) is 12.0 Å². The van der Waals surface area contributed by atoms with Crippen LogP contribution in [0.1, 0.15) is 5.56 Å². The number of amides is 1. The molecular formula is C17H11ClFNO2S2. The number of halogens is 2. The fraction of sp³-hybridized carbons (Fsp3) is 0.0588. The number of thioether (sulfide) groups is 1. The second-order valence-electron chi connectivity index (χ2n) is 4.86. The van der Waals surface area contributed by atoms with Crippen molar-refractivity contribution in [2.45, 2.75) is 0 Å². The van der Waals surface area contributed by atoms with Crippen LogP contribution in [0.4, 0.5) is 10.1 Å². The number of carbonyl (C=O) groups excluding carboxylic acids is 1. The summed E-state index contributed by atoms with van der Waals surface area (Å²) in [4.78, 5) is 14.5. The van der Waals surface area contributed by atoms with E-state index in [9.17, 15) is 9.18 Å². The molecule has 2 aromatic rings. The van der Waals surface area contributed by atoms with E-state index in [0.29, 0.717) is 20.7 Å². The summed E-state index contributed by atoms with van der Waals surface area (Å²) in [6.07, 6.45) is 1.73. The zero-order valence-corrected chi connectivity index (χ0v) is 14.8. The highest BCUT2D eigenvalue weighted by atomic mass is 35.5. The average molecular weight is 380 g/mol. The highest BCUT2D eigenvalue weighted by molar-refractivity contribution is 8.27. The number of hydrogen-bond donors (Lipinski definition) is 0. The van der Waals surface area contributed by atoms with Crippen LogP contribution in [0.3, 0.4) is 0 Å². The minimum Gasteiger partial charge on any atom is -0.496 e. The molecule has 0 aromatic heterocycles. The van der Waals surface area contributed by atoms with Crippen molar-refractivity contribution in [3.63, 3.8) is 0 Å². The number of benzene rings is 2. The van der Waals surface area contributed by atoms with Crippen LogP contribution < -0.4 is 9.64 Å². The molecule has 3 nitrogen and oxygen atoms in total. The largest absolute Gasteiger partial charge is 0.496 e. The Labute approximate surface area is 153 Å². The molecule has 1 heterocycles. The molecule has 0 atom stereocenters. The van der Waals surface area contributed by atoms with Gasteiger partial charge in [0.05, 0.1) is 22.7 Å². The summed E-state index contributed by atoms with van der Waals surface area (Å²) in [6.45, 7) is 0. The van der Waals surface area contributed by atoms with Crippen LogP contribution >= 0.6 is 35.6 Å². The molecule has 1 fully saturated rings. The molecular weight excluding hydrogens is 369 g/mol. The van der Waals surface area contributed by atoms with Crippen molar-refractivity contribution >= 4 is 57.6 Å². The van der Waals surface area contributed by atoms with Crippen LogP contribution in [0.2, 0.25) is 5.02 Å². The first-order chi connectivity index (χ1) is 11.5. The normalized spacial score (nSPS) is 16.1. The van der Waals surface area contributed by atoms with Crippen LogP contribution in [0.15, 0.2) is 47.4 Å². The predicted molar refractivity (Wildman–Crippen MR) is 100 cm³/mol. The molecule has 0 aliphatic carbocycles. The monoisotopic (exact) mass is 379 g/mol. The molecule has 7 heteroatoms. The standard InChI is InChI=1S/C17H11ClFNO2S2/c1-22-14-5-3-2-4-10(14)8-15-16(21)20(17(23)24-15)11-6-7-13(19)12(18)9-11/h2-9H,1H3/b15-8-. The van der Waals surface area contributed by atoms with E-state index in [1.54, 1.807) is 13.2 Å². The van der Waals surface area contributed by atoms with Crippen LogP contribution in [0.25, 0.3) is 6.08 Å². The smallest absolute Gasteiger partial charge is 0.270 e. The van der Waals surface area contributed by atoms with Gasteiger partial charge in [-0.3, -0.25) is 9.69 Å². The molecule has 1 saturated heterocycles. The number of rotatable bonds is 3. The minimum atomic E-state index is -0.546. The highest BCUT2D eigenvalue weighted by Gasteiger charge is 2.33. The number of methoxy groups -OCH3 is 1. The molecule has 1 amide bonds. The zero-order valence-electron chi connectivity index (χ0n) is 12.5. The van der Waals surface area contributed by atoms with Crippen LogP contribution in [-0.2, 0) is 4.79 Å². The molecule has 0 bridgehead atoms. The Morgan fingerprint density at radius 2 is 2.04 bits per heavy atom. The van der Waals surface area contributed by atoms with Gasteiger partial charge in [0, 0.05) is 5.56 Å². The third-order valence-electron chi connectivity index (χ3n) is 3.38. The molecule has 0 spiro atoms. The second-order valence-corrected chi connectivity index (χ2v) is 6.94. The maximum atomic E-state index is 13.3. The minimum absolute atomic E-state index is 0.0599. The summed E-state index contributed by atoms with van der Waals surface area (Å²) >= 11 is 12.3. The summed E-state index contributed by atoms with van der Waals surface area (Å²) in [6, 6.07) is 11.4. The predicted octanol–water partition coefficient (Wildman–Crippen LogP) is 4.89. The Bertz CT molecular complexity index is 869. The lowest BCUT2D eigenvalue weighted by Crippen LogP contribution is -2.27. The summed E-state index contributed by atoms with van der Waals surface area (Å²) in [7, 11) is 1.57. The molecule has 24 heavy (non-hydrogen) atoms. The molecule has 3 rings (SSSR count). The first kappa shape index (κ1) is 17.0. The molecule has 1 aliphatic rings. The van der Waals surface area contributed by atoms with Gasteiger partial charge in [0.2, 0.25) is 0 Å². The van der Waals surface area contributed by atoms with Crippen molar-refractivity contribution in [3.05, 3.63) is 63.8 Å². The summed E-state index contributed by atoms with van der Waals surface area (Å²) in [5.74, 6) is -0.165. The SMILES string of the molecule is COc1ccccc1/C=C1\SC(=S)N(c2ccc(F)c(Cl)c2)C1=O. The van der Waals surface area contributed by atoms with Crippen molar-refractivity contribution in [1.82, 2.24) is 0 Å². The van der Waals surface area contributed by atoms with Gasteiger partial charge in [0.1, 0.15) is 11.6 Å². The van der Waals surface area contributed by atoms with Gasteiger partial charge < -0.3 is 4.74 Å². The Balaban J connectivity index is 1.97. The number of hydrogen-bond acceptors (Lipinski definition) is 4. The lowest BCUT2D eigenvalue weighted by Gasteiger charge is -2.14. The van der Waals surface area contributed by atoms with Crippen molar-refractivity contribution in [3.8, 4) is 5.75 Å². The maximum Gasteiger partial charge on any atom is 0.270 e. The first-order valence-electron chi connectivity index (χ1n) is 6.87. The second kappa shape index (κ2) is 6.93. The van der Waals surface area contributed by atoms with E-state index in [0.717, 1.165) is 5.56 Å². The number of ether oxygens (including phenoxy) is 1. The number of nitrogens with zero attached hydrogens (tertiary/aromatic N) is 1. The molecule has 0 unspecified atom stereocenters. The lowest BCUT2D eigenvalue weighted by molar-refractivity contribution is -0.113. The van der Waals surface area contributed by atoms with Crippen LogP contribution in [0.5, 0.6) is 5.75 Å². The third kappa shape index (κ3) is 3.17. The van der Waals surface area contributed by atoms with E-state index < -0.39 is 5.82 Å². The fourth-order valence-electron chi connectivity index (χ4n) is 2.24. The summed E-state index contributed by atoms with van der Waals surface area (Å²) < 4.78 is 19.0. The summed E-state index contributed by atoms with van der Waals surface area (Å²) in [5.41, 5.74) is 1.21. The Morgan fingerprint density at radius 3 is 2.75 bits per heavy atom. The molecule has 0 saturated carbocycles. The van der Waals surface area contributed by atoms with Gasteiger partial charge in [0.15, 0.2) is 4.32 Å². The van der Waals surface area contributed by atoms with E-state index in [2.05, 4.69) is 0 Å².